The minimum atomic E-state index is 0.144. The lowest BCUT2D eigenvalue weighted by molar-refractivity contribution is 0.242. The Balaban J connectivity index is 2.22. The van der Waals surface area contributed by atoms with E-state index in [9.17, 15) is 0 Å². The second-order valence-electron chi connectivity index (χ2n) is 4.46. The van der Waals surface area contributed by atoms with Crippen LogP contribution in [0.2, 0.25) is 0 Å². The maximum Gasteiger partial charge on any atom is 0.122 e. The molecule has 0 aliphatic rings. The first-order valence-corrected chi connectivity index (χ1v) is 7.64. The molecule has 100 valence electrons. The van der Waals surface area contributed by atoms with Gasteiger partial charge in [0.25, 0.3) is 0 Å². The van der Waals surface area contributed by atoms with Crippen LogP contribution in [0.4, 0.5) is 5.69 Å². The molecule has 0 bridgehead atoms. The predicted octanol–water partition coefficient (Wildman–Crippen LogP) is 4.97. The molecule has 0 spiro atoms. The number of hydrogen-bond donors (Lipinski definition) is 1. The maximum atomic E-state index is 5.92. The molecule has 0 heterocycles. The molecule has 0 radical (unpaired) electrons. The maximum absolute atomic E-state index is 5.92. The van der Waals surface area contributed by atoms with Crippen molar-refractivity contribution < 1.29 is 4.74 Å². The van der Waals surface area contributed by atoms with Crippen LogP contribution in [0.15, 0.2) is 56.7 Å². The summed E-state index contributed by atoms with van der Waals surface area (Å²) in [7, 11) is 0. The van der Waals surface area contributed by atoms with Crippen molar-refractivity contribution in [3.8, 4) is 5.75 Å². The zero-order valence-electron chi connectivity index (χ0n) is 10.9. The molecule has 4 heteroatoms. The summed E-state index contributed by atoms with van der Waals surface area (Å²) in [5, 5.41) is 0. The third-order valence-corrected chi connectivity index (χ3v) is 3.76. The Morgan fingerprint density at radius 3 is 2.58 bits per heavy atom. The van der Waals surface area contributed by atoms with Gasteiger partial charge in [0.2, 0.25) is 0 Å². The average Bonchev–Trinajstić information content (AvgIpc) is 2.26. The van der Waals surface area contributed by atoms with Crippen molar-refractivity contribution in [3.63, 3.8) is 0 Å². The van der Waals surface area contributed by atoms with Crippen LogP contribution in [0.25, 0.3) is 0 Å². The Bertz CT molecular complexity index is 572. The number of ether oxygens (including phenoxy) is 1. The molecule has 0 fully saturated rings. The lowest BCUT2D eigenvalue weighted by atomic mass is 10.3. The smallest absolute Gasteiger partial charge is 0.122 e. The summed E-state index contributed by atoms with van der Waals surface area (Å²) in [6, 6.07) is 14.0. The van der Waals surface area contributed by atoms with Gasteiger partial charge in [-0.15, -0.1) is 0 Å². The Morgan fingerprint density at radius 2 is 1.89 bits per heavy atom. The molecule has 0 saturated heterocycles. The zero-order valence-corrected chi connectivity index (χ0v) is 13.3. The predicted molar refractivity (Wildman–Crippen MR) is 84.9 cm³/mol. The fourth-order valence-corrected chi connectivity index (χ4v) is 3.18. The second-order valence-corrected chi connectivity index (χ2v) is 6.53. The summed E-state index contributed by atoms with van der Waals surface area (Å²) in [6.07, 6.45) is 0.144. The van der Waals surface area contributed by atoms with Gasteiger partial charge in [-0.05, 0) is 44.2 Å². The highest BCUT2D eigenvalue weighted by Crippen LogP contribution is 2.33. The van der Waals surface area contributed by atoms with Gasteiger partial charge >= 0.3 is 0 Å². The van der Waals surface area contributed by atoms with Crippen molar-refractivity contribution in [2.24, 2.45) is 0 Å². The van der Waals surface area contributed by atoms with Gasteiger partial charge in [-0.1, -0.05) is 33.8 Å². The van der Waals surface area contributed by atoms with Gasteiger partial charge in [-0.25, -0.2) is 0 Å². The average molecular weight is 338 g/mol. The van der Waals surface area contributed by atoms with E-state index in [0.29, 0.717) is 0 Å². The summed E-state index contributed by atoms with van der Waals surface area (Å²) in [5.41, 5.74) is 6.63. The third kappa shape index (κ3) is 4.48. The molecule has 2 nitrogen and oxygen atoms in total. The molecule has 2 N–H and O–H groups in total. The number of hydrogen-bond acceptors (Lipinski definition) is 3. The normalized spacial score (nSPS) is 10.7. The van der Waals surface area contributed by atoms with E-state index in [4.69, 9.17) is 10.5 Å². The molecule has 0 atom stereocenters. The highest BCUT2D eigenvalue weighted by molar-refractivity contribution is 9.10. The van der Waals surface area contributed by atoms with E-state index in [1.165, 1.54) is 0 Å². The van der Waals surface area contributed by atoms with Gasteiger partial charge in [0, 0.05) is 26.0 Å². The summed E-state index contributed by atoms with van der Waals surface area (Å²) >= 11 is 5.14. The molecule has 19 heavy (non-hydrogen) atoms. The Morgan fingerprint density at radius 1 is 1.11 bits per heavy atom. The van der Waals surface area contributed by atoms with Crippen LogP contribution in [0, 0.1) is 0 Å². The van der Waals surface area contributed by atoms with E-state index in [1.54, 1.807) is 11.8 Å². The van der Waals surface area contributed by atoms with Crippen LogP contribution in [-0.2, 0) is 0 Å². The van der Waals surface area contributed by atoms with Gasteiger partial charge < -0.3 is 10.5 Å². The fourth-order valence-electron chi connectivity index (χ4n) is 1.66. The molecular weight excluding hydrogens is 322 g/mol. The fraction of sp³-hybridized carbons (Fsp3) is 0.200. The van der Waals surface area contributed by atoms with E-state index in [-0.39, 0.29) is 6.10 Å². The van der Waals surface area contributed by atoms with Crippen molar-refractivity contribution >= 4 is 33.4 Å². The number of rotatable bonds is 4. The van der Waals surface area contributed by atoms with E-state index in [1.807, 2.05) is 44.2 Å². The summed E-state index contributed by atoms with van der Waals surface area (Å²) in [5.74, 6) is 0.812. The van der Waals surface area contributed by atoms with Gasteiger partial charge in [0.15, 0.2) is 0 Å². The second kappa shape index (κ2) is 6.35. The first kappa shape index (κ1) is 14.3. The standard InChI is InChI=1S/C15H16BrNOS/c1-10(2)18-13-7-12(17)8-15(9-13)19-14-5-3-4-11(16)6-14/h3-10H,17H2,1-2H3. The SMILES string of the molecule is CC(C)Oc1cc(N)cc(Sc2cccc(Br)c2)c1. The third-order valence-electron chi connectivity index (χ3n) is 2.31. The minimum Gasteiger partial charge on any atom is -0.491 e. The minimum absolute atomic E-state index is 0.144. The molecule has 0 aromatic heterocycles. The molecule has 2 aromatic rings. The van der Waals surface area contributed by atoms with Crippen molar-refractivity contribution in [1.82, 2.24) is 0 Å². The summed E-state index contributed by atoms with van der Waals surface area (Å²) in [4.78, 5) is 2.24. The molecule has 2 rings (SSSR count). The Labute approximate surface area is 126 Å². The van der Waals surface area contributed by atoms with Gasteiger partial charge in [-0.3, -0.25) is 0 Å². The molecule has 0 amide bonds. The topological polar surface area (TPSA) is 35.2 Å². The number of nitrogen functional groups attached to an aromatic ring is 1. The molecule has 0 aliphatic carbocycles. The van der Waals surface area contributed by atoms with E-state index in [0.717, 1.165) is 25.7 Å². The first-order chi connectivity index (χ1) is 9.02. The van der Waals surface area contributed by atoms with Crippen LogP contribution in [0.3, 0.4) is 0 Å². The summed E-state index contributed by atoms with van der Waals surface area (Å²) < 4.78 is 6.76. The Kier molecular flexibility index (Phi) is 4.77. The highest BCUT2D eigenvalue weighted by atomic mass is 79.9. The van der Waals surface area contributed by atoms with Crippen LogP contribution >= 0.6 is 27.7 Å². The van der Waals surface area contributed by atoms with Crippen molar-refractivity contribution in [3.05, 3.63) is 46.9 Å². The first-order valence-electron chi connectivity index (χ1n) is 6.03. The number of benzene rings is 2. The van der Waals surface area contributed by atoms with E-state index in [2.05, 4.69) is 28.1 Å². The van der Waals surface area contributed by atoms with Crippen LogP contribution in [0.5, 0.6) is 5.75 Å². The largest absolute Gasteiger partial charge is 0.491 e. The monoisotopic (exact) mass is 337 g/mol. The van der Waals surface area contributed by atoms with Gasteiger partial charge in [-0.2, -0.15) is 0 Å². The molecular formula is C15H16BrNOS. The van der Waals surface area contributed by atoms with Crippen molar-refractivity contribution in [1.29, 1.82) is 0 Å². The van der Waals surface area contributed by atoms with Crippen LogP contribution in [0.1, 0.15) is 13.8 Å². The van der Waals surface area contributed by atoms with Crippen LogP contribution in [-0.4, -0.2) is 6.10 Å². The lowest BCUT2D eigenvalue weighted by Crippen LogP contribution is -2.05. The Hall–Kier alpha value is -1.13. The molecule has 0 unspecified atom stereocenters. The lowest BCUT2D eigenvalue weighted by Gasteiger charge is -2.12. The highest BCUT2D eigenvalue weighted by Gasteiger charge is 2.04. The summed E-state index contributed by atoms with van der Waals surface area (Å²) in [6.45, 7) is 4.01. The number of halogens is 1. The number of nitrogens with two attached hydrogens (primary N) is 1. The molecule has 2 aromatic carbocycles. The van der Waals surface area contributed by atoms with Crippen molar-refractivity contribution in [2.75, 3.05) is 5.73 Å². The van der Waals surface area contributed by atoms with E-state index < -0.39 is 0 Å². The van der Waals surface area contributed by atoms with Gasteiger partial charge in [0.05, 0.1) is 6.10 Å². The molecule has 0 aliphatic heterocycles. The number of anilines is 1. The quantitative estimate of drug-likeness (QED) is 0.800. The zero-order chi connectivity index (χ0) is 13.8. The van der Waals surface area contributed by atoms with Crippen molar-refractivity contribution in [2.45, 2.75) is 29.7 Å². The van der Waals surface area contributed by atoms with Gasteiger partial charge in [0.1, 0.15) is 5.75 Å². The van der Waals surface area contributed by atoms with Crippen LogP contribution < -0.4 is 10.5 Å². The molecule has 0 saturated carbocycles. The van der Waals surface area contributed by atoms with E-state index >= 15 is 0 Å².